The lowest BCUT2D eigenvalue weighted by molar-refractivity contribution is 0.332. The Morgan fingerprint density at radius 3 is 2.57 bits per heavy atom. The van der Waals surface area contributed by atoms with Crippen LogP contribution in [0.3, 0.4) is 0 Å². The fraction of sp³-hybridized carbons (Fsp3) is 0.800. The first-order valence-corrected chi connectivity index (χ1v) is 2.48. The molecular formula is C5H9FN-. The number of hydrogen-bond acceptors (Lipinski definition) is 1. The lowest BCUT2D eigenvalue weighted by Crippen LogP contribution is -2.11. The minimum absolute atomic E-state index is 0.528. The maximum Gasteiger partial charge on any atom is 0.111 e. The molecule has 1 atom stereocenters. The van der Waals surface area contributed by atoms with Gasteiger partial charge in [-0.05, 0) is 13.0 Å². The molecule has 0 amide bonds. The van der Waals surface area contributed by atoms with Crippen molar-refractivity contribution < 1.29 is 4.39 Å². The van der Waals surface area contributed by atoms with E-state index in [1.807, 2.05) is 0 Å². The molecule has 0 aliphatic carbocycles. The third-order valence-corrected chi connectivity index (χ3v) is 1.21. The molecule has 0 aromatic heterocycles. The van der Waals surface area contributed by atoms with Gasteiger partial charge in [-0.15, -0.1) is 0 Å². The Bertz CT molecular complexity index is 57.1. The summed E-state index contributed by atoms with van der Waals surface area (Å²) < 4.78 is 12.1. The van der Waals surface area contributed by atoms with E-state index in [-0.39, 0.29) is 0 Å². The number of nitrogens with zero attached hydrogens (tertiary/aromatic N) is 1. The Balaban J connectivity index is 2.26. The van der Waals surface area contributed by atoms with Gasteiger partial charge in [0.2, 0.25) is 0 Å². The van der Waals surface area contributed by atoms with Crippen LogP contribution in [0.4, 0.5) is 4.39 Å². The normalized spacial score (nSPS) is 34.3. The van der Waals surface area contributed by atoms with E-state index < -0.39 is 6.17 Å². The molecule has 0 N–H and O–H groups in total. The first kappa shape index (κ1) is 5.04. The molecule has 1 nitrogen and oxygen atoms in total. The molecule has 1 heterocycles. The van der Waals surface area contributed by atoms with Crippen LogP contribution in [0.15, 0.2) is 0 Å². The molecule has 1 aliphatic rings. The zero-order valence-corrected chi connectivity index (χ0v) is 4.23. The molecule has 1 rings (SSSR count). The van der Waals surface area contributed by atoms with Crippen molar-refractivity contribution in [1.29, 1.82) is 0 Å². The summed E-state index contributed by atoms with van der Waals surface area (Å²) in [7, 11) is 3.58. The Labute approximate surface area is 43.1 Å². The first-order chi connectivity index (χ1) is 3.29. The van der Waals surface area contributed by atoms with Crippen LogP contribution >= 0.6 is 0 Å². The number of alkyl halides is 1. The van der Waals surface area contributed by atoms with Crippen LogP contribution in [0.2, 0.25) is 0 Å². The highest BCUT2D eigenvalue weighted by molar-refractivity contribution is 4.73. The quantitative estimate of drug-likeness (QED) is 0.409. The van der Waals surface area contributed by atoms with Crippen molar-refractivity contribution in [2.24, 2.45) is 0 Å². The maximum atomic E-state index is 12.1. The zero-order chi connectivity index (χ0) is 5.28. The van der Waals surface area contributed by atoms with Gasteiger partial charge in [-0.25, -0.2) is 4.39 Å². The smallest absolute Gasteiger partial charge is 0.111 e. The highest BCUT2D eigenvalue weighted by Gasteiger charge is 2.12. The molecule has 1 aliphatic heterocycles. The van der Waals surface area contributed by atoms with E-state index in [0.29, 0.717) is 13.0 Å². The van der Waals surface area contributed by atoms with E-state index in [0.717, 1.165) is 6.54 Å². The van der Waals surface area contributed by atoms with E-state index >= 15 is 0 Å². The Morgan fingerprint density at radius 1 is 1.71 bits per heavy atom. The van der Waals surface area contributed by atoms with Crippen molar-refractivity contribution in [3.8, 4) is 0 Å². The average molecular weight is 102 g/mol. The van der Waals surface area contributed by atoms with Crippen LogP contribution in [0.5, 0.6) is 0 Å². The molecular weight excluding hydrogens is 93.1 g/mol. The van der Waals surface area contributed by atoms with Crippen molar-refractivity contribution in [2.75, 3.05) is 13.1 Å². The minimum Gasteiger partial charge on any atom is -0.457 e. The van der Waals surface area contributed by atoms with E-state index in [1.54, 1.807) is 4.90 Å². The van der Waals surface area contributed by atoms with Crippen molar-refractivity contribution >= 4 is 0 Å². The second-order valence-electron chi connectivity index (χ2n) is 1.96. The van der Waals surface area contributed by atoms with Crippen LogP contribution in [-0.2, 0) is 0 Å². The second kappa shape index (κ2) is 1.78. The molecule has 0 radical (unpaired) electrons. The number of likely N-dealkylation sites (tertiary alicyclic amines) is 1. The number of hydrogen-bond donors (Lipinski definition) is 0. The van der Waals surface area contributed by atoms with E-state index in [1.165, 1.54) is 0 Å². The molecule has 1 fully saturated rings. The highest BCUT2D eigenvalue weighted by Crippen LogP contribution is 2.09. The molecule has 0 aromatic rings. The SMILES string of the molecule is [CH2-]N1CCC(F)C1. The molecule has 7 heavy (non-hydrogen) atoms. The van der Waals surface area contributed by atoms with Crippen LogP contribution in [0.1, 0.15) is 6.42 Å². The number of rotatable bonds is 0. The predicted molar refractivity (Wildman–Crippen MR) is 26.4 cm³/mol. The van der Waals surface area contributed by atoms with Gasteiger partial charge < -0.3 is 4.90 Å². The van der Waals surface area contributed by atoms with Gasteiger partial charge in [0.25, 0.3) is 0 Å². The van der Waals surface area contributed by atoms with Gasteiger partial charge in [-0.2, -0.15) is 0 Å². The van der Waals surface area contributed by atoms with Gasteiger partial charge in [0.15, 0.2) is 0 Å². The summed E-state index contributed by atoms with van der Waals surface area (Å²) in [6.07, 6.45) is 0.0567. The highest BCUT2D eigenvalue weighted by atomic mass is 19.1. The van der Waals surface area contributed by atoms with Gasteiger partial charge in [-0.1, -0.05) is 0 Å². The lowest BCUT2D eigenvalue weighted by Gasteiger charge is -2.13. The monoisotopic (exact) mass is 102 g/mol. The second-order valence-corrected chi connectivity index (χ2v) is 1.96. The van der Waals surface area contributed by atoms with Crippen LogP contribution in [-0.4, -0.2) is 24.2 Å². The lowest BCUT2D eigenvalue weighted by atomic mass is 10.4. The van der Waals surface area contributed by atoms with Crippen molar-refractivity contribution in [1.82, 2.24) is 4.90 Å². The van der Waals surface area contributed by atoms with E-state index in [4.69, 9.17) is 0 Å². The molecule has 2 heteroatoms. The molecule has 0 bridgehead atoms. The van der Waals surface area contributed by atoms with Gasteiger partial charge in [-0.3, -0.25) is 7.05 Å². The topological polar surface area (TPSA) is 3.24 Å². The van der Waals surface area contributed by atoms with Gasteiger partial charge in [0.05, 0.1) is 0 Å². The largest absolute Gasteiger partial charge is 0.457 e. The standard InChI is InChI=1S/C5H9FN/c1-7-3-2-5(6)4-7/h5H,1-4H2/q-1. The van der Waals surface area contributed by atoms with Gasteiger partial charge >= 0.3 is 0 Å². The molecule has 1 unspecified atom stereocenters. The molecule has 0 spiro atoms. The Kier molecular flexibility index (Phi) is 1.28. The molecule has 0 saturated carbocycles. The van der Waals surface area contributed by atoms with Gasteiger partial charge in [0, 0.05) is 6.54 Å². The number of halogens is 1. The summed E-state index contributed by atoms with van der Waals surface area (Å²) in [4.78, 5) is 1.75. The first-order valence-electron chi connectivity index (χ1n) is 2.48. The maximum absolute atomic E-state index is 12.1. The summed E-state index contributed by atoms with van der Waals surface area (Å²) in [5, 5.41) is 0. The van der Waals surface area contributed by atoms with E-state index in [9.17, 15) is 4.39 Å². The predicted octanol–water partition coefficient (Wildman–Crippen LogP) is 0.822. The van der Waals surface area contributed by atoms with Gasteiger partial charge in [0.1, 0.15) is 6.17 Å². The summed E-state index contributed by atoms with van der Waals surface area (Å²) in [5.74, 6) is 0. The summed E-state index contributed by atoms with van der Waals surface area (Å²) >= 11 is 0. The third-order valence-electron chi connectivity index (χ3n) is 1.21. The van der Waals surface area contributed by atoms with Crippen molar-refractivity contribution in [2.45, 2.75) is 12.6 Å². The van der Waals surface area contributed by atoms with Crippen LogP contribution in [0.25, 0.3) is 0 Å². The third kappa shape index (κ3) is 1.13. The fourth-order valence-corrected chi connectivity index (χ4v) is 0.785. The Morgan fingerprint density at radius 2 is 2.43 bits per heavy atom. The van der Waals surface area contributed by atoms with E-state index in [2.05, 4.69) is 7.05 Å². The molecule has 42 valence electrons. The summed E-state index contributed by atoms with van der Waals surface area (Å²) in [6, 6.07) is 0. The zero-order valence-electron chi connectivity index (χ0n) is 4.23. The van der Waals surface area contributed by atoms with Crippen LogP contribution in [0, 0.1) is 7.05 Å². The fourth-order valence-electron chi connectivity index (χ4n) is 0.785. The molecule has 0 aromatic carbocycles. The Hall–Kier alpha value is -0.110. The van der Waals surface area contributed by atoms with Crippen LogP contribution < -0.4 is 0 Å². The minimum atomic E-state index is -0.613. The van der Waals surface area contributed by atoms with Crippen molar-refractivity contribution in [3.05, 3.63) is 7.05 Å². The summed E-state index contributed by atoms with van der Waals surface area (Å²) in [6.45, 7) is 1.35. The average Bonchev–Trinajstić information content (AvgIpc) is 1.87. The molecule has 1 saturated heterocycles. The summed E-state index contributed by atoms with van der Waals surface area (Å²) in [5.41, 5.74) is 0. The van der Waals surface area contributed by atoms with Crippen molar-refractivity contribution in [3.63, 3.8) is 0 Å².